The van der Waals surface area contributed by atoms with Gasteiger partial charge in [-0.25, -0.2) is 0 Å². The van der Waals surface area contributed by atoms with Crippen LogP contribution in [0.15, 0.2) is 16.8 Å². The molecule has 1 saturated heterocycles. The van der Waals surface area contributed by atoms with Crippen molar-refractivity contribution in [2.75, 3.05) is 19.6 Å². The summed E-state index contributed by atoms with van der Waals surface area (Å²) in [6, 6.07) is 0.696. The van der Waals surface area contributed by atoms with Crippen LogP contribution in [0, 0.1) is 0 Å². The van der Waals surface area contributed by atoms with Gasteiger partial charge in [0, 0.05) is 11.8 Å². The number of allylic oxidation sites excluding steroid dienone is 1. The van der Waals surface area contributed by atoms with Gasteiger partial charge in [0.2, 0.25) is 0 Å². The van der Waals surface area contributed by atoms with E-state index in [2.05, 4.69) is 25.7 Å². The first-order valence-electron chi connectivity index (χ1n) is 7.95. The summed E-state index contributed by atoms with van der Waals surface area (Å²) >= 11 is 0. The highest BCUT2D eigenvalue weighted by atomic mass is 15.2. The van der Waals surface area contributed by atoms with E-state index in [9.17, 15) is 0 Å². The lowest BCUT2D eigenvalue weighted by atomic mass is 9.97. The largest absolute Gasteiger partial charge is 0.404 e. The third-order valence-corrected chi connectivity index (χ3v) is 3.82. The van der Waals surface area contributed by atoms with Crippen molar-refractivity contribution in [3.8, 4) is 0 Å². The maximum absolute atomic E-state index is 5.62. The van der Waals surface area contributed by atoms with Crippen molar-refractivity contribution in [2.24, 2.45) is 10.7 Å². The highest BCUT2D eigenvalue weighted by molar-refractivity contribution is 6.00. The summed E-state index contributed by atoms with van der Waals surface area (Å²) in [5.74, 6) is 0. The van der Waals surface area contributed by atoms with Crippen LogP contribution >= 0.6 is 0 Å². The Labute approximate surface area is 119 Å². The van der Waals surface area contributed by atoms with Crippen LogP contribution in [-0.4, -0.2) is 36.3 Å². The molecule has 0 saturated carbocycles. The van der Waals surface area contributed by atoms with Gasteiger partial charge in [0.1, 0.15) is 0 Å². The van der Waals surface area contributed by atoms with Gasteiger partial charge in [0.05, 0.1) is 6.54 Å². The van der Waals surface area contributed by atoms with Crippen molar-refractivity contribution in [2.45, 2.75) is 65.3 Å². The SMILES string of the molecule is CC/C(=C/N)C1=NCC(N2CCCC2)CC1.CCC. The molecule has 2 aliphatic rings. The Bertz CT molecular complexity index is 301. The summed E-state index contributed by atoms with van der Waals surface area (Å²) in [7, 11) is 0. The first-order valence-corrected chi connectivity index (χ1v) is 7.95. The molecular formula is C16H31N3. The monoisotopic (exact) mass is 265 g/mol. The molecule has 0 radical (unpaired) electrons. The molecule has 0 spiro atoms. The molecule has 1 fully saturated rings. The topological polar surface area (TPSA) is 41.6 Å². The van der Waals surface area contributed by atoms with Gasteiger partial charge < -0.3 is 5.73 Å². The Morgan fingerprint density at radius 1 is 1.32 bits per heavy atom. The Morgan fingerprint density at radius 3 is 2.37 bits per heavy atom. The van der Waals surface area contributed by atoms with Crippen molar-refractivity contribution in [1.29, 1.82) is 0 Å². The second-order valence-electron chi connectivity index (χ2n) is 5.48. The zero-order chi connectivity index (χ0) is 14.1. The van der Waals surface area contributed by atoms with E-state index < -0.39 is 0 Å². The smallest absolute Gasteiger partial charge is 0.0548 e. The first-order chi connectivity index (χ1) is 9.26. The molecule has 0 aromatic rings. The molecule has 0 aromatic heterocycles. The van der Waals surface area contributed by atoms with Crippen LogP contribution in [0.3, 0.4) is 0 Å². The van der Waals surface area contributed by atoms with Crippen LogP contribution in [0.1, 0.15) is 59.3 Å². The predicted molar refractivity (Wildman–Crippen MR) is 84.7 cm³/mol. The number of aliphatic imine (C=N–C) groups is 1. The fraction of sp³-hybridized carbons (Fsp3) is 0.812. The lowest BCUT2D eigenvalue weighted by molar-refractivity contribution is 0.234. The van der Waals surface area contributed by atoms with Gasteiger partial charge in [-0.05, 0) is 57.0 Å². The normalized spacial score (nSPS) is 24.7. The highest BCUT2D eigenvalue weighted by Crippen LogP contribution is 2.21. The summed E-state index contributed by atoms with van der Waals surface area (Å²) in [6.07, 6.45) is 9.10. The summed E-state index contributed by atoms with van der Waals surface area (Å²) in [5.41, 5.74) is 8.10. The molecule has 1 unspecified atom stereocenters. The third-order valence-electron chi connectivity index (χ3n) is 3.82. The second-order valence-corrected chi connectivity index (χ2v) is 5.48. The maximum atomic E-state index is 5.62. The van der Waals surface area contributed by atoms with E-state index >= 15 is 0 Å². The summed E-state index contributed by atoms with van der Waals surface area (Å²) < 4.78 is 0. The van der Waals surface area contributed by atoms with E-state index in [1.165, 1.54) is 50.1 Å². The summed E-state index contributed by atoms with van der Waals surface area (Å²) in [4.78, 5) is 7.33. The number of nitrogens with two attached hydrogens (primary N) is 1. The number of rotatable bonds is 3. The molecule has 3 nitrogen and oxygen atoms in total. The molecule has 110 valence electrons. The molecule has 2 heterocycles. The molecule has 2 aliphatic heterocycles. The Balaban J connectivity index is 0.000000550. The van der Waals surface area contributed by atoms with E-state index in [1.807, 2.05) is 0 Å². The van der Waals surface area contributed by atoms with Crippen molar-refractivity contribution in [3.05, 3.63) is 11.8 Å². The maximum Gasteiger partial charge on any atom is 0.0548 e. The predicted octanol–water partition coefficient (Wildman–Crippen LogP) is 3.35. The molecule has 19 heavy (non-hydrogen) atoms. The average molecular weight is 265 g/mol. The van der Waals surface area contributed by atoms with Gasteiger partial charge in [-0.2, -0.15) is 0 Å². The standard InChI is InChI=1S/C13H23N3.C3H8/c1-2-11(9-14)13-6-5-12(10-15-13)16-7-3-4-8-16;1-3-2/h9,12H,2-8,10,14H2,1H3;3H2,1-2H3/b11-9-;. The molecule has 0 aliphatic carbocycles. The highest BCUT2D eigenvalue weighted by Gasteiger charge is 2.24. The molecule has 1 atom stereocenters. The van der Waals surface area contributed by atoms with E-state index in [0.29, 0.717) is 6.04 Å². The number of hydrogen-bond acceptors (Lipinski definition) is 3. The Kier molecular flexibility index (Phi) is 7.80. The Morgan fingerprint density at radius 2 is 1.95 bits per heavy atom. The number of likely N-dealkylation sites (tertiary alicyclic amines) is 1. The molecule has 3 heteroatoms. The molecule has 0 bridgehead atoms. The lowest BCUT2D eigenvalue weighted by Gasteiger charge is -2.30. The Hall–Kier alpha value is -0.830. The van der Waals surface area contributed by atoms with Crippen LogP contribution in [0.25, 0.3) is 0 Å². The van der Waals surface area contributed by atoms with Crippen LogP contribution < -0.4 is 5.73 Å². The minimum atomic E-state index is 0.696. The molecule has 0 aromatic carbocycles. The molecule has 2 rings (SSSR count). The minimum Gasteiger partial charge on any atom is -0.404 e. The van der Waals surface area contributed by atoms with Gasteiger partial charge in [-0.15, -0.1) is 0 Å². The van der Waals surface area contributed by atoms with Crippen molar-refractivity contribution in [1.82, 2.24) is 4.90 Å². The van der Waals surface area contributed by atoms with Crippen molar-refractivity contribution >= 4 is 5.71 Å². The number of nitrogens with zero attached hydrogens (tertiary/aromatic N) is 2. The first kappa shape index (κ1) is 16.2. The fourth-order valence-electron chi connectivity index (χ4n) is 2.77. The zero-order valence-corrected chi connectivity index (χ0v) is 13.0. The third kappa shape index (κ3) is 4.98. The average Bonchev–Trinajstić information content (AvgIpc) is 2.96. The second kappa shape index (κ2) is 9.13. The van der Waals surface area contributed by atoms with Gasteiger partial charge in [0.15, 0.2) is 0 Å². The van der Waals surface area contributed by atoms with Gasteiger partial charge in [-0.1, -0.05) is 27.2 Å². The van der Waals surface area contributed by atoms with E-state index in [0.717, 1.165) is 19.4 Å². The summed E-state index contributed by atoms with van der Waals surface area (Å²) in [6.45, 7) is 9.94. The van der Waals surface area contributed by atoms with Gasteiger partial charge in [-0.3, -0.25) is 9.89 Å². The molecule has 0 amide bonds. The lowest BCUT2D eigenvalue weighted by Crippen LogP contribution is -2.38. The van der Waals surface area contributed by atoms with Crippen LogP contribution in [0.4, 0.5) is 0 Å². The quantitative estimate of drug-likeness (QED) is 0.850. The van der Waals surface area contributed by atoms with Crippen LogP contribution in [-0.2, 0) is 0 Å². The van der Waals surface area contributed by atoms with Gasteiger partial charge in [0.25, 0.3) is 0 Å². The number of hydrogen-bond donors (Lipinski definition) is 1. The minimum absolute atomic E-state index is 0.696. The van der Waals surface area contributed by atoms with Crippen LogP contribution in [0.5, 0.6) is 0 Å². The summed E-state index contributed by atoms with van der Waals surface area (Å²) in [5, 5.41) is 0. The van der Waals surface area contributed by atoms with Crippen molar-refractivity contribution < 1.29 is 0 Å². The van der Waals surface area contributed by atoms with E-state index in [4.69, 9.17) is 10.7 Å². The van der Waals surface area contributed by atoms with E-state index in [1.54, 1.807) is 6.20 Å². The molecule has 2 N–H and O–H groups in total. The molecular weight excluding hydrogens is 234 g/mol. The van der Waals surface area contributed by atoms with Crippen molar-refractivity contribution in [3.63, 3.8) is 0 Å². The van der Waals surface area contributed by atoms with E-state index in [-0.39, 0.29) is 0 Å². The fourth-order valence-corrected chi connectivity index (χ4v) is 2.77. The van der Waals surface area contributed by atoms with Gasteiger partial charge >= 0.3 is 0 Å². The zero-order valence-electron chi connectivity index (χ0n) is 13.0. The van der Waals surface area contributed by atoms with Crippen LogP contribution in [0.2, 0.25) is 0 Å².